The molecule has 8 N–H and O–H groups in total. The highest BCUT2D eigenvalue weighted by Crippen LogP contribution is 2.22. The van der Waals surface area contributed by atoms with Gasteiger partial charge in [0, 0.05) is 0 Å². The molecule has 39 heavy (non-hydrogen) atoms. The number of amides is 5. The Bertz CT molecular complexity index is 1070. The zero-order valence-electron chi connectivity index (χ0n) is 21.6. The van der Waals surface area contributed by atoms with Crippen LogP contribution in [0, 0.1) is 0 Å². The van der Waals surface area contributed by atoms with Crippen molar-refractivity contribution >= 4 is 29.5 Å². The van der Waals surface area contributed by atoms with Gasteiger partial charge in [0.15, 0.2) is 0 Å². The summed E-state index contributed by atoms with van der Waals surface area (Å²) in [7, 11) is 0. The van der Waals surface area contributed by atoms with Gasteiger partial charge >= 0.3 is 0 Å². The first kappa shape index (κ1) is 30.0. The molecule has 14 nitrogen and oxygen atoms in total. The van der Waals surface area contributed by atoms with Gasteiger partial charge in [-0.1, -0.05) is 37.3 Å². The third-order valence-corrected chi connectivity index (χ3v) is 6.82. The predicted molar refractivity (Wildman–Crippen MR) is 134 cm³/mol. The van der Waals surface area contributed by atoms with Crippen LogP contribution in [0.3, 0.4) is 0 Å². The molecule has 0 saturated carbocycles. The molecule has 2 aliphatic rings. The molecule has 214 valence electrons. The molecule has 1 aromatic rings. The Morgan fingerprint density at radius 3 is 2.13 bits per heavy atom. The van der Waals surface area contributed by atoms with Crippen LogP contribution in [0.25, 0.3) is 0 Å². The van der Waals surface area contributed by atoms with E-state index in [1.54, 1.807) is 37.3 Å². The third-order valence-electron chi connectivity index (χ3n) is 6.82. The van der Waals surface area contributed by atoms with E-state index in [0.29, 0.717) is 5.56 Å². The first-order valence-corrected chi connectivity index (χ1v) is 12.7. The number of aliphatic hydroxyl groups excluding tert-OH is 4. The second-order valence-electron chi connectivity index (χ2n) is 9.67. The van der Waals surface area contributed by atoms with Crippen LogP contribution in [-0.2, 0) is 24.0 Å². The van der Waals surface area contributed by atoms with Crippen LogP contribution in [0.2, 0.25) is 0 Å². The van der Waals surface area contributed by atoms with E-state index in [9.17, 15) is 44.4 Å². The highest BCUT2D eigenvalue weighted by atomic mass is 16.3. The topological polar surface area (TPSA) is 218 Å². The molecule has 2 saturated heterocycles. The predicted octanol–water partition coefficient (Wildman–Crippen LogP) is -3.58. The zero-order valence-corrected chi connectivity index (χ0v) is 21.6. The molecule has 14 heteroatoms. The maximum atomic E-state index is 13.4. The molecule has 2 aliphatic heterocycles. The van der Waals surface area contributed by atoms with Crippen molar-refractivity contribution in [1.29, 1.82) is 0 Å². The molecule has 0 aromatic heterocycles. The number of carbonyl (C=O) groups is 5. The summed E-state index contributed by atoms with van der Waals surface area (Å²) in [6.07, 6.45) is -4.98. The number of nitrogens with zero attached hydrogens (tertiary/aromatic N) is 1. The molecule has 0 aliphatic carbocycles. The maximum Gasteiger partial charge on any atom is 0.248 e. The third kappa shape index (κ3) is 6.89. The fourth-order valence-corrected chi connectivity index (χ4v) is 4.61. The lowest BCUT2D eigenvalue weighted by atomic mass is 10.0. The van der Waals surface area contributed by atoms with Crippen molar-refractivity contribution in [1.82, 2.24) is 26.2 Å². The van der Waals surface area contributed by atoms with Crippen molar-refractivity contribution in [2.45, 2.75) is 75.2 Å². The van der Waals surface area contributed by atoms with Gasteiger partial charge < -0.3 is 46.6 Å². The minimum Gasteiger partial charge on any atom is -0.394 e. The van der Waals surface area contributed by atoms with Crippen LogP contribution < -0.4 is 21.3 Å². The van der Waals surface area contributed by atoms with Gasteiger partial charge in [-0.15, -0.1) is 0 Å². The van der Waals surface area contributed by atoms with Gasteiger partial charge in [0.2, 0.25) is 29.5 Å². The quantitative estimate of drug-likeness (QED) is 0.186. The number of hydrogen-bond donors (Lipinski definition) is 8. The molecule has 0 radical (unpaired) electrons. The van der Waals surface area contributed by atoms with Gasteiger partial charge in [0.25, 0.3) is 0 Å². The van der Waals surface area contributed by atoms with Crippen LogP contribution in [0.4, 0.5) is 0 Å². The van der Waals surface area contributed by atoms with Crippen molar-refractivity contribution in [3.63, 3.8) is 0 Å². The van der Waals surface area contributed by atoms with Crippen molar-refractivity contribution < 1.29 is 44.4 Å². The largest absolute Gasteiger partial charge is 0.394 e. The molecule has 3 rings (SSSR count). The summed E-state index contributed by atoms with van der Waals surface area (Å²) in [5, 5.41) is 50.7. The first-order valence-electron chi connectivity index (χ1n) is 12.7. The highest BCUT2D eigenvalue weighted by molar-refractivity contribution is 5.97. The Hall–Kier alpha value is -3.59. The van der Waals surface area contributed by atoms with Crippen LogP contribution in [0.5, 0.6) is 0 Å². The van der Waals surface area contributed by atoms with Gasteiger partial charge in [-0.3, -0.25) is 24.0 Å². The Morgan fingerprint density at radius 2 is 1.54 bits per heavy atom. The van der Waals surface area contributed by atoms with Gasteiger partial charge in [-0.05, 0) is 18.9 Å². The average molecular weight is 550 g/mol. The van der Waals surface area contributed by atoms with E-state index in [1.807, 2.05) is 0 Å². The maximum absolute atomic E-state index is 13.4. The number of carbonyl (C=O) groups excluding carboxylic acids is 5. The number of rotatable bonds is 4. The minimum atomic E-state index is -1.71. The lowest BCUT2D eigenvalue weighted by Gasteiger charge is -2.32. The van der Waals surface area contributed by atoms with E-state index in [-0.39, 0.29) is 12.8 Å². The molecular formula is C25H35N5O9. The molecule has 2 heterocycles. The van der Waals surface area contributed by atoms with Crippen molar-refractivity contribution in [3.8, 4) is 0 Å². The lowest BCUT2D eigenvalue weighted by Crippen LogP contribution is -2.61. The van der Waals surface area contributed by atoms with Gasteiger partial charge in [0.1, 0.15) is 30.3 Å². The summed E-state index contributed by atoms with van der Waals surface area (Å²) in [6, 6.07) is 1.64. The Morgan fingerprint density at radius 1 is 0.923 bits per heavy atom. The van der Waals surface area contributed by atoms with E-state index in [1.165, 1.54) is 6.92 Å². The summed E-state index contributed by atoms with van der Waals surface area (Å²) in [4.78, 5) is 66.4. The number of hydrogen-bond acceptors (Lipinski definition) is 9. The van der Waals surface area contributed by atoms with Crippen LogP contribution in [0.1, 0.15) is 38.3 Å². The summed E-state index contributed by atoms with van der Waals surface area (Å²) in [5.74, 6) is -4.25. The first-order chi connectivity index (χ1) is 18.5. The molecule has 2 fully saturated rings. The van der Waals surface area contributed by atoms with E-state index in [4.69, 9.17) is 0 Å². The number of aliphatic hydroxyl groups is 4. The van der Waals surface area contributed by atoms with Crippen LogP contribution >= 0.6 is 0 Å². The van der Waals surface area contributed by atoms with E-state index in [2.05, 4.69) is 21.3 Å². The monoisotopic (exact) mass is 549 g/mol. The molecule has 1 unspecified atom stereocenters. The van der Waals surface area contributed by atoms with Gasteiger partial charge in [-0.25, -0.2) is 0 Å². The summed E-state index contributed by atoms with van der Waals surface area (Å²) >= 11 is 0. The molecule has 0 spiro atoms. The van der Waals surface area contributed by atoms with Gasteiger partial charge in [-0.2, -0.15) is 0 Å². The van der Waals surface area contributed by atoms with Crippen molar-refractivity contribution in [2.75, 3.05) is 13.2 Å². The van der Waals surface area contributed by atoms with Gasteiger partial charge in [0.05, 0.1) is 37.8 Å². The molecule has 0 bridgehead atoms. The molecular weight excluding hydrogens is 514 g/mol. The second-order valence-corrected chi connectivity index (χ2v) is 9.67. The Kier molecular flexibility index (Phi) is 9.97. The van der Waals surface area contributed by atoms with Crippen LogP contribution in [0.15, 0.2) is 30.3 Å². The smallest absolute Gasteiger partial charge is 0.248 e. The number of benzene rings is 1. The van der Waals surface area contributed by atoms with Crippen molar-refractivity contribution in [2.24, 2.45) is 0 Å². The second kappa shape index (κ2) is 13.0. The molecule has 8 atom stereocenters. The molecule has 5 amide bonds. The summed E-state index contributed by atoms with van der Waals surface area (Å²) < 4.78 is 0. The lowest BCUT2D eigenvalue weighted by molar-refractivity contribution is -0.146. The fraction of sp³-hybridized carbons (Fsp3) is 0.560. The van der Waals surface area contributed by atoms with E-state index in [0.717, 1.165) is 4.90 Å². The molecule has 1 aromatic carbocycles. The standard InChI is InChI=1S/C25H35N5O9/c1-3-14-22(36)28-16(11-31)23(37)27-15(13-7-5-4-6-8-13)9-18(34)29-19(12(2)32)25(39)30-10-17(33)21(35)20(30)24(38)26-14/h4-8,12,14-17,19-21,31-33,35H,3,9-11H2,1-2H3,(H,26,38)(H,27,37)(H,28,36)(H,29,34)/t12?,14-,15+,16-,17-,19-,20-,21-/m0/s1. The van der Waals surface area contributed by atoms with E-state index < -0.39 is 91.2 Å². The van der Waals surface area contributed by atoms with Crippen LogP contribution in [-0.4, -0.2) is 110 Å². The Labute approximate surface area is 224 Å². The fourth-order valence-electron chi connectivity index (χ4n) is 4.61. The zero-order chi connectivity index (χ0) is 28.9. The Balaban J connectivity index is 2.03. The SMILES string of the molecule is CC[C@@H]1NC(=O)[C@@H]2[C@@H](O)[C@@H](O)CN2C(=O)[C@H](C(C)O)NC(=O)C[C@H](c2ccccc2)NC(=O)[C@H](CO)NC1=O. The minimum absolute atomic E-state index is 0.0512. The summed E-state index contributed by atoms with van der Waals surface area (Å²) in [6.45, 7) is 1.58. The average Bonchev–Trinajstić information content (AvgIpc) is 3.21. The summed E-state index contributed by atoms with van der Waals surface area (Å²) in [5.41, 5.74) is 0.523. The van der Waals surface area contributed by atoms with Crippen molar-refractivity contribution in [3.05, 3.63) is 35.9 Å². The normalized spacial score (nSPS) is 32.0. The number of nitrogens with one attached hydrogen (secondary N) is 4. The highest BCUT2D eigenvalue weighted by Gasteiger charge is 2.49. The van der Waals surface area contributed by atoms with E-state index >= 15 is 0 Å². The number of fused-ring (bicyclic) bond motifs is 1.